The zero-order chi connectivity index (χ0) is 17.2. The van der Waals surface area contributed by atoms with Crippen LogP contribution < -0.4 is 4.31 Å². The maximum absolute atomic E-state index is 12.3. The highest BCUT2D eigenvalue weighted by Crippen LogP contribution is 2.29. The number of anilines is 1. The maximum Gasteiger partial charge on any atom is 0.255 e. The van der Waals surface area contributed by atoms with Gasteiger partial charge in [0.15, 0.2) is 0 Å². The monoisotopic (exact) mass is 358 g/mol. The molecule has 1 fully saturated rings. The van der Waals surface area contributed by atoms with Gasteiger partial charge in [0.25, 0.3) is 5.91 Å². The molecule has 6 nitrogen and oxygen atoms in total. The van der Waals surface area contributed by atoms with E-state index in [9.17, 15) is 18.0 Å². The lowest BCUT2D eigenvalue weighted by Gasteiger charge is -2.19. The highest BCUT2D eigenvalue weighted by atomic mass is 35.5. The molecule has 1 aliphatic rings. The van der Waals surface area contributed by atoms with Crippen molar-refractivity contribution in [1.82, 2.24) is 4.90 Å². The topological polar surface area (TPSA) is 74.8 Å². The fourth-order valence-electron chi connectivity index (χ4n) is 2.38. The molecule has 1 heterocycles. The first kappa shape index (κ1) is 17.7. The quantitative estimate of drug-likeness (QED) is 0.809. The molecule has 0 N–H and O–H groups in total. The predicted octanol–water partition coefficient (Wildman–Crippen LogP) is 2.28. The molecular formula is C15H19ClN2O4S. The van der Waals surface area contributed by atoms with Gasteiger partial charge in [0.2, 0.25) is 15.9 Å². The van der Waals surface area contributed by atoms with E-state index in [4.69, 9.17) is 11.6 Å². The number of halogens is 1. The van der Waals surface area contributed by atoms with Crippen LogP contribution in [-0.2, 0) is 14.8 Å². The van der Waals surface area contributed by atoms with Gasteiger partial charge in [0.1, 0.15) is 0 Å². The average molecular weight is 359 g/mol. The molecule has 23 heavy (non-hydrogen) atoms. The number of amides is 2. The molecule has 0 atom stereocenters. The fraction of sp³-hybridized carbons (Fsp3) is 0.467. The molecule has 0 aliphatic carbocycles. The first-order valence-electron chi connectivity index (χ1n) is 7.38. The second-order valence-electron chi connectivity index (χ2n) is 5.47. The predicted molar refractivity (Wildman–Crippen MR) is 89.2 cm³/mol. The lowest BCUT2D eigenvalue weighted by molar-refractivity contribution is -0.116. The largest absolute Gasteiger partial charge is 0.342 e. The Morgan fingerprint density at radius 3 is 2.61 bits per heavy atom. The van der Waals surface area contributed by atoms with Crippen LogP contribution in [-0.4, -0.2) is 44.5 Å². The van der Waals surface area contributed by atoms with Crippen LogP contribution in [0, 0.1) is 0 Å². The van der Waals surface area contributed by atoms with E-state index in [2.05, 4.69) is 0 Å². The Morgan fingerprint density at radius 1 is 1.39 bits per heavy atom. The van der Waals surface area contributed by atoms with Crippen molar-refractivity contribution in [2.75, 3.05) is 23.7 Å². The van der Waals surface area contributed by atoms with Crippen LogP contribution in [0.4, 0.5) is 5.69 Å². The van der Waals surface area contributed by atoms with Crippen molar-refractivity contribution < 1.29 is 18.0 Å². The molecule has 126 valence electrons. The molecule has 0 aromatic heterocycles. The zero-order valence-corrected chi connectivity index (χ0v) is 14.7. The third kappa shape index (κ3) is 3.67. The molecule has 8 heteroatoms. The van der Waals surface area contributed by atoms with E-state index in [1.54, 1.807) is 11.9 Å². The Bertz CT molecular complexity index is 733. The highest BCUT2D eigenvalue weighted by molar-refractivity contribution is 7.94. The van der Waals surface area contributed by atoms with Crippen molar-refractivity contribution in [3.63, 3.8) is 0 Å². The lowest BCUT2D eigenvalue weighted by Crippen LogP contribution is -2.30. The number of carbonyl (C=O) groups is 2. The summed E-state index contributed by atoms with van der Waals surface area (Å²) >= 11 is 6.14. The number of sulfonamides is 1. The van der Waals surface area contributed by atoms with Crippen LogP contribution in [0.2, 0.25) is 5.02 Å². The molecular weight excluding hydrogens is 340 g/mol. The summed E-state index contributed by atoms with van der Waals surface area (Å²) in [7, 11) is -1.95. The van der Waals surface area contributed by atoms with Gasteiger partial charge in [-0.2, -0.15) is 0 Å². The Labute approximate surface area is 141 Å². The van der Waals surface area contributed by atoms with Gasteiger partial charge < -0.3 is 4.90 Å². The van der Waals surface area contributed by atoms with Crippen LogP contribution in [0.5, 0.6) is 0 Å². The van der Waals surface area contributed by atoms with E-state index in [1.807, 2.05) is 6.92 Å². The van der Waals surface area contributed by atoms with Gasteiger partial charge in [-0.1, -0.05) is 24.9 Å². The molecule has 2 rings (SSSR count). The van der Waals surface area contributed by atoms with E-state index in [-0.39, 0.29) is 34.4 Å². The minimum Gasteiger partial charge on any atom is -0.342 e. The second-order valence-corrected chi connectivity index (χ2v) is 7.81. The maximum atomic E-state index is 12.3. The summed E-state index contributed by atoms with van der Waals surface area (Å²) in [6.45, 7) is 2.65. The zero-order valence-electron chi connectivity index (χ0n) is 13.1. The van der Waals surface area contributed by atoms with Crippen molar-refractivity contribution in [3.8, 4) is 0 Å². The summed E-state index contributed by atoms with van der Waals surface area (Å²) in [5, 5.41) is 0.130. The van der Waals surface area contributed by atoms with Gasteiger partial charge in [0.05, 0.1) is 22.0 Å². The van der Waals surface area contributed by atoms with E-state index < -0.39 is 15.9 Å². The Balaban J connectivity index is 2.28. The van der Waals surface area contributed by atoms with E-state index in [1.165, 1.54) is 18.2 Å². The van der Waals surface area contributed by atoms with Crippen LogP contribution in [0.3, 0.4) is 0 Å². The first-order chi connectivity index (χ1) is 10.8. The summed E-state index contributed by atoms with van der Waals surface area (Å²) in [6, 6.07) is 4.25. The van der Waals surface area contributed by atoms with Crippen LogP contribution in [0.1, 0.15) is 36.5 Å². The smallest absolute Gasteiger partial charge is 0.255 e. The number of carbonyl (C=O) groups excluding carboxylic acids is 2. The van der Waals surface area contributed by atoms with Crippen molar-refractivity contribution in [3.05, 3.63) is 28.8 Å². The Hall–Kier alpha value is -1.60. The van der Waals surface area contributed by atoms with Crippen molar-refractivity contribution >= 4 is 39.1 Å². The number of unbranched alkanes of at least 4 members (excludes halogenated alkanes) is 1. The van der Waals surface area contributed by atoms with E-state index in [0.29, 0.717) is 6.54 Å². The first-order valence-corrected chi connectivity index (χ1v) is 9.37. The third-order valence-corrected chi connectivity index (χ3v) is 5.69. The molecule has 2 amide bonds. The van der Waals surface area contributed by atoms with Gasteiger partial charge >= 0.3 is 0 Å². The number of rotatable bonds is 5. The van der Waals surface area contributed by atoms with E-state index >= 15 is 0 Å². The van der Waals surface area contributed by atoms with Crippen molar-refractivity contribution in [1.29, 1.82) is 0 Å². The van der Waals surface area contributed by atoms with Crippen LogP contribution in [0.15, 0.2) is 18.2 Å². The molecule has 0 unspecified atom stereocenters. The van der Waals surface area contributed by atoms with Gasteiger partial charge in [-0.05, 0) is 24.6 Å². The third-order valence-electron chi connectivity index (χ3n) is 3.69. The molecule has 0 radical (unpaired) electrons. The second kappa shape index (κ2) is 6.88. The molecule has 1 aliphatic heterocycles. The SMILES string of the molecule is CCCCN(C)C(=O)c1ccc(N2C(=O)CCS2(=O)=O)cc1Cl. The molecule has 0 saturated carbocycles. The molecule has 1 aromatic carbocycles. The van der Waals surface area contributed by atoms with E-state index in [0.717, 1.165) is 17.1 Å². The van der Waals surface area contributed by atoms with Gasteiger partial charge in [-0.3, -0.25) is 9.59 Å². The molecule has 0 bridgehead atoms. The molecule has 0 spiro atoms. The summed E-state index contributed by atoms with van der Waals surface area (Å²) in [6.07, 6.45) is 1.82. The summed E-state index contributed by atoms with van der Waals surface area (Å²) in [5.41, 5.74) is 0.461. The number of hydrogen-bond acceptors (Lipinski definition) is 4. The van der Waals surface area contributed by atoms with Crippen LogP contribution in [0.25, 0.3) is 0 Å². The number of hydrogen-bond donors (Lipinski definition) is 0. The standard InChI is InChI=1S/C15H19ClN2O4S/c1-3-4-8-17(2)15(20)12-6-5-11(10-13(12)16)18-14(19)7-9-23(18,21)22/h5-6,10H,3-4,7-9H2,1-2H3. The normalized spacial score (nSPS) is 16.7. The number of benzene rings is 1. The van der Waals surface area contributed by atoms with Gasteiger partial charge in [0, 0.05) is 20.0 Å². The summed E-state index contributed by atoms with van der Waals surface area (Å²) in [4.78, 5) is 25.7. The Morgan fingerprint density at radius 2 is 2.09 bits per heavy atom. The average Bonchev–Trinajstić information content (AvgIpc) is 2.77. The van der Waals surface area contributed by atoms with Gasteiger partial charge in [-0.15, -0.1) is 0 Å². The minimum atomic E-state index is -3.64. The highest BCUT2D eigenvalue weighted by Gasteiger charge is 2.36. The van der Waals surface area contributed by atoms with Gasteiger partial charge in [-0.25, -0.2) is 12.7 Å². The lowest BCUT2D eigenvalue weighted by atomic mass is 10.1. The van der Waals surface area contributed by atoms with Crippen molar-refractivity contribution in [2.45, 2.75) is 26.2 Å². The fourth-order valence-corrected chi connectivity index (χ4v) is 4.08. The summed E-state index contributed by atoms with van der Waals surface area (Å²) in [5.74, 6) is -0.921. The molecule has 1 saturated heterocycles. The minimum absolute atomic E-state index is 0.0413. The van der Waals surface area contributed by atoms with Crippen molar-refractivity contribution in [2.24, 2.45) is 0 Å². The molecule has 1 aromatic rings. The Kier molecular flexibility index (Phi) is 5.31. The summed E-state index contributed by atoms with van der Waals surface area (Å²) < 4.78 is 24.6. The van der Waals surface area contributed by atoms with Crippen LogP contribution >= 0.6 is 11.6 Å². The number of nitrogens with zero attached hydrogens (tertiary/aromatic N) is 2.